The van der Waals surface area contributed by atoms with Gasteiger partial charge in [-0.1, -0.05) is 12.1 Å². The second kappa shape index (κ2) is 5.83. The van der Waals surface area contributed by atoms with Crippen LogP contribution in [0.25, 0.3) is 0 Å². The summed E-state index contributed by atoms with van der Waals surface area (Å²) in [6, 6.07) is 10.4. The van der Waals surface area contributed by atoms with Gasteiger partial charge in [0.15, 0.2) is 0 Å². The van der Waals surface area contributed by atoms with E-state index in [2.05, 4.69) is 46.7 Å². The van der Waals surface area contributed by atoms with Crippen LogP contribution < -0.4 is 5.32 Å². The molecule has 0 aliphatic carbocycles. The molecule has 0 saturated heterocycles. The van der Waals surface area contributed by atoms with Crippen LogP contribution in [0.3, 0.4) is 0 Å². The van der Waals surface area contributed by atoms with Gasteiger partial charge in [-0.25, -0.2) is 0 Å². The minimum atomic E-state index is 0.783. The van der Waals surface area contributed by atoms with Gasteiger partial charge >= 0.3 is 0 Å². The first kappa shape index (κ1) is 13.4. The van der Waals surface area contributed by atoms with E-state index >= 15 is 0 Å². The third kappa shape index (κ3) is 3.13. The van der Waals surface area contributed by atoms with Crippen LogP contribution in [0.15, 0.2) is 48.9 Å². The Hall–Kier alpha value is -2.56. The molecule has 108 valence electrons. The molecule has 0 spiro atoms. The molecule has 0 aliphatic heterocycles. The van der Waals surface area contributed by atoms with Crippen molar-refractivity contribution in [3.8, 4) is 0 Å². The van der Waals surface area contributed by atoms with Crippen molar-refractivity contribution in [3.63, 3.8) is 0 Å². The minimum absolute atomic E-state index is 0.783. The van der Waals surface area contributed by atoms with Gasteiger partial charge < -0.3 is 5.32 Å². The predicted molar refractivity (Wildman–Crippen MR) is 83.0 cm³/mol. The largest absolute Gasteiger partial charge is 0.381 e. The fourth-order valence-electron chi connectivity index (χ4n) is 2.28. The average molecular weight is 281 g/mol. The molecule has 0 radical (unpaired) electrons. The Bertz CT molecular complexity index is 712. The van der Waals surface area contributed by atoms with Gasteiger partial charge in [0.25, 0.3) is 0 Å². The van der Waals surface area contributed by atoms with E-state index in [1.165, 1.54) is 16.8 Å². The van der Waals surface area contributed by atoms with E-state index in [4.69, 9.17) is 0 Å². The lowest BCUT2D eigenvalue weighted by atomic mass is 10.2. The third-order valence-electron chi connectivity index (χ3n) is 3.65. The molecular weight excluding hydrogens is 262 g/mol. The molecule has 21 heavy (non-hydrogen) atoms. The van der Waals surface area contributed by atoms with Crippen LogP contribution in [0.1, 0.15) is 16.8 Å². The van der Waals surface area contributed by atoms with E-state index in [1.807, 2.05) is 34.9 Å². The molecule has 5 nitrogen and oxygen atoms in total. The molecule has 1 aromatic carbocycles. The first-order chi connectivity index (χ1) is 10.2. The summed E-state index contributed by atoms with van der Waals surface area (Å²) in [5, 5.41) is 11.9. The molecule has 0 amide bonds. The average Bonchev–Trinajstić information content (AvgIpc) is 3.10. The van der Waals surface area contributed by atoms with Crippen LogP contribution in [-0.4, -0.2) is 19.6 Å². The number of aromatic nitrogens is 4. The fraction of sp³-hybridized carbons (Fsp3) is 0.250. The van der Waals surface area contributed by atoms with E-state index in [0.29, 0.717) is 0 Å². The summed E-state index contributed by atoms with van der Waals surface area (Å²) in [7, 11) is 1.96. The number of hydrogen-bond donors (Lipinski definition) is 1. The van der Waals surface area contributed by atoms with Crippen molar-refractivity contribution in [3.05, 3.63) is 65.7 Å². The second-order valence-electron chi connectivity index (χ2n) is 5.14. The highest BCUT2D eigenvalue weighted by atomic mass is 15.3. The van der Waals surface area contributed by atoms with E-state index in [9.17, 15) is 0 Å². The molecule has 1 N–H and O–H groups in total. The number of anilines is 1. The number of nitrogens with zero attached hydrogens (tertiary/aromatic N) is 4. The molecule has 2 heterocycles. The summed E-state index contributed by atoms with van der Waals surface area (Å²) in [4.78, 5) is 0. The van der Waals surface area contributed by atoms with Gasteiger partial charge in [0, 0.05) is 42.9 Å². The highest BCUT2D eigenvalue weighted by molar-refractivity contribution is 5.46. The minimum Gasteiger partial charge on any atom is -0.381 e. The zero-order valence-corrected chi connectivity index (χ0v) is 12.3. The van der Waals surface area contributed by atoms with Crippen molar-refractivity contribution < 1.29 is 0 Å². The number of benzene rings is 1. The molecule has 0 aliphatic rings. The SMILES string of the molecule is Cc1c(CNc2cccc(Cn3cccn3)c2)cnn1C. The van der Waals surface area contributed by atoms with Gasteiger partial charge in [0.1, 0.15) is 0 Å². The maximum Gasteiger partial charge on any atom is 0.0660 e. The fourth-order valence-corrected chi connectivity index (χ4v) is 2.28. The molecule has 0 saturated carbocycles. The van der Waals surface area contributed by atoms with Gasteiger partial charge in [-0.3, -0.25) is 9.36 Å². The molecule has 0 atom stereocenters. The van der Waals surface area contributed by atoms with Crippen LogP contribution in [-0.2, 0) is 20.1 Å². The lowest BCUT2D eigenvalue weighted by Crippen LogP contribution is -2.03. The van der Waals surface area contributed by atoms with Gasteiger partial charge in [-0.05, 0) is 30.7 Å². The number of hydrogen-bond acceptors (Lipinski definition) is 3. The summed E-state index contributed by atoms with van der Waals surface area (Å²) in [5.41, 5.74) is 4.75. The van der Waals surface area contributed by atoms with Crippen LogP contribution >= 0.6 is 0 Å². The van der Waals surface area contributed by atoms with Crippen molar-refractivity contribution in [2.24, 2.45) is 7.05 Å². The smallest absolute Gasteiger partial charge is 0.0660 e. The standard InChI is InChI=1S/C16H19N5/c1-13-15(11-19-20(13)2)10-17-16-6-3-5-14(9-16)12-21-8-4-7-18-21/h3-9,11,17H,10,12H2,1-2H3. The lowest BCUT2D eigenvalue weighted by molar-refractivity contribution is 0.687. The Balaban J connectivity index is 1.67. The molecule has 0 bridgehead atoms. The van der Waals surface area contributed by atoms with E-state index < -0.39 is 0 Å². The quantitative estimate of drug-likeness (QED) is 0.782. The number of rotatable bonds is 5. The zero-order valence-electron chi connectivity index (χ0n) is 12.3. The summed E-state index contributed by atoms with van der Waals surface area (Å²) < 4.78 is 3.82. The Morgan fingerprint density at radius 2 is 2.10 bits per heavy atom. The van der Waals surface area contributed by atoms with Crippen LogP contribution in [0.4, 0.5) is 5.69 Å². The number of aryl methyl sites for hydroxylation is 1. The molecule has 3 rings (SSSR count). The normalized spacial score (nSPS) is 10.8. The maximum atomic E-state index is 4.26. The molecule has 2 aromatic heterocycles. The molecule has 0 unspecified atom stereocenters. The van der Waals surface area contributed by atoms with Crippen molar-refractivity contribution in [2.45, 2.75) is 20.0 Å². The van der Waals surface area contributed by atoms with Gasteiger partial charge in [-0.15, -0.1) is 0 Å². The predicted octanol–water partition coefficient (Wildman–Crippen LogP) is 2.59. The second-order valence-corrected chi connectivity index (χ2v) is 5.14. The Kier molecular flexibility index (Phi) is 3.73. The van der Waals surface area contributed by atoms with E-state index in [0.717, 1.165) is 18.8 Å². The molecule has 0 fully saturated rings. The zero-order chi connectivity index (χ0) is 14.7. The van der Waals surface area contributed by atoms with E-state index in [-0.39, 0.29) is 0 Å². The molecular formula is C16H19N5. The summed E-state index contributed by atoms with van der Waals surface area (Å²) in [5.74, 6) is 0. The van der Waals surface area contributed by atoms with Gasteiger partial charge in [-0.2, -0.15) is 10.2 Å². The van der Waals surface area contributed by atoms with Crippen molar-refractivity contribution in [1.29, 1.82) is 0 Å². The topological polar surface area (TPSA) is 47.7 Å². The Labute approximate surface area is 124 Å². The van der Waals surface area contributed by atoms with Crippen LogP contribution in [0.5, 0.6) is 0 Å². The Morgan fingerprint density at radius 1 is 1.19 bits per heavy atom. The lowest BCUT2D eigenvalue weighted by Gasteiger charge is -2.08. The van der Waals surface area contributed by atoms with Crippen molar-refractivity contribution in [2.75, 3.05) is 5.32 Å². The maximum absolute atomic E-state index is 4.26. The van der Waals surface area contributed by atoms with Crippen LogP contribution in [0.2, 0.25) is 0 Å². The number of nitrogens with one attached hydrogen (secondary N) is 1. The first-order valence-electron chi connectivity index (χ1n) is 7.00. The van der Waals surface area contributed by atoms with E-state index in [1.54, 1.807) is 6.20 Å². The molecule has 5 heteroatoms. The van der Waals surface area contributed by atoms with Crippen LogP contribution in [0, 0.1) is 6.92 Å². The summed E-state index contributed by atoms with van der Waals surface area (Å²) in [6.45, 7) is 3.65. The highest BCUT2D eigenvalue weighted by Crippen LogP contribution is 2.14. The monoisotopic (exact) mass is 281 g/mol. The van der Waals surface area contributed by atoms with Crippen molar-refractivity contribution >= 4 is 5.69 Å². The van der Waals surface area contributed by atoms with Crippen molar-refractivity contribution in [1.82, 2.24) is 19.6 Å². The summed E-state index contributed by atoms with van der Waals surface area (Å²) in [6.07, 6.45) is 5.68. The Morgan fingerprint density at radius 3 is 2.81 bits per heavy atom. The summed E-state index contributed by atoms with van der Waals surface area (Å²) >= 11 is 0. The van der Waals surface area contributed by atoms with Gasteiger partial charge in [0.2, 0.25) is 0 Å². The van der Waals surface area contributed by atoms with Gasteiger partial charge in [0.05, 0.1) is 12.7 Å². The highest BCUT2D eigenvalue weighted by Gasteiger charge is 2.03. The third-order valence-corrected chi connectivity index (χ3v) is 3.65. The first-order valence-corrected chi connectivity index (χ1v) is 7.00. The molecule has 3 aromatic rings.